The van der Waals surface area contributed by atoms with Crippen molar-refractivity contribution in [2.45, 2.75) is 20.0 Å². The van der Waals surface area contributed by atoms with Crippen molar-refractivity contribution in [3.05, 3.63) is 60.2 Å². The maximum atomic E-state index is 12.3. The average Bonchev–Trinajstić information content (AvgIpc) is 2.56. The molecular weight excluding hydrogens is 292 g/mol. The van der Waals surface area contributed by atoms with Crippen LogP contribution >= 0.6 is 0 Å². The topological polar surface area (TPSA) is 67.4 Å². The third kappa shape index (κ3) is 4.57. The van der Waals surface area contributed by atoms with Crippen LogP contribution in [0.4, 0.5) is 5.69 Å². The molecule has 0 saturated heterocycles. The van der Waals surface area contributed by atoms with Crippen molar-refractivity contribution in [1.29, 1.82) is 0 Å². The third-order valence-electron chi connectivity index (χ3n) is 3.19. The molecule has 0 unspecified atom stereocenters. The van der Waals surface area contributed by atoms with E-state index in [0.717, 1.165) is 0 Å². The Morgan fingerprint density at radius 3 is 2.39 bits per heavy atom. The number of anilines is 1. The highest BCUT2D eigenvalue weighted by molar-refractivity contribution is 6.04. The predicted molar refractivity (Wildman–Crippen MR) is 89.6 cm³/mol. The second-order valence-electron chi connectivity index (χ2n) is 4.97. The minimum Gasteiger partial charge on any atom is -0.481 e. The first-order valence-electron chi connectivity index (χ1n) is 7.51. The van der Waals surface area contributed by atoms with Gasteiger partial charge in [0.2, 0.25) is 0 Å². The Bertz CT molecular complexity index is 671. The SMILES string of the molecule is CCNC(=O)c1ccccc1NC(=O)[C@@H](C)Oc1ccccc1. The molecule has 0 aliphatic heterocycles. The van der Waals surface area contributed by atoms with Gasteiger partial charge in [-0.3, -0.25) is 9.59 Å². The molecule has 2 aromatic rings. The zero-order chi connectivity index (χ0) is 16.7. The van der Waals surface area contributed by atoms with Gasteiger partial charge in [-0.2, -0.15) is 0 Å². The third-order valence-corrected chi connectivity index (χ3v) is 3.19. The molecular formula is C18H20N2O3. The van der Waals surface area contributed by atoms with Gasteiger partial charge in [-0.15, -0.1) is 0 Å². The number of nitrogens with one attached hydrogen (secondary N) is 2. The number of carbonyl (C=O) groups is 2. The monoisotopic (exact) mass is 312 g/mol. The van der Waals surface area contributed by atoms with Crippen molar-refractivity contribution < 1.29 is 14.3 Å². The van der Waals surface area contributed by atoms with Crippen LogP contribution in [0.15, 0.2) is 54.6 Å². The van der Waals surface area contributed by atoms with Crippen LogP contribution in [0.25, 0.3) is 0 Å². The van der Waals surface area contributed by atoms with Gasteiger partial charge in [-0.1, -0.05) is 30.3 Å². The molecule has 2 rings (SSSR count). The first-order valence-corrected chi connectivity index (χ1v) is 7.51. The van der Waals surface area contributed by atoms with Crippen LogP contribution in [0.1, 0.15) is 24.2 Å². The molecule has 0 heterocycles. The number of hydrogen-bond donors (Lipinski definition) is 2. The van der Waals surface area contributed by atoms with Gasteiger partial charge in [0.15, 0.2) is 6.10 Å². The molecule has 2 N–H and O–H groups in total. The number of ether oxygens (including phenoxy) is 1. The Kier molecular flexibility index (Phi) is 5.74. The summed E-state index contributed by atoms with van der Waals surface area (Å²) in [7, 11) is 0. The first kappa shape index (κ1) is 16.5. The lowest BCUT2D eigenvalue weighted by Crippen LogP contribution is -2.31. The molecule has 2 amide bonds. The standard InChI is InChI=1S/C18H20N2O3/c1-3-19-18(22)15-11-7-8-12-16(15)20-17(21)13(2)23-14-9-5-4-6-10-14/h4-13H,3H2,1-2H3,(H,19,22)(H,20,21)/t13-/m1/s1. The molecule has 0 aliphatic rings. The number of amides is 2. The Labute approximate surface area is 135 Å². The fraction of sp³-hybridized carbons (Fsp3) is 0.222. The zero-order valence-electron chi connectivity index (χ0n) is 13.2. The average molecular weight is 312 g/mol. The van der Waals surface area contributed by atoms with Crippen molar-refractivity contribution in [2.24, 2.45) is 0 Å². The molecule has 0 aliphatic carbocycles. The molecule has 0 saturated carbocycles. The van der Waals surface area contributed by atoms with E-state index < -0.39 is 6.10 Å². The number of rotatable bonds is 6. The van der Waals surface area contributed by atoms with Crippen molar-refractivity contribution in [3.8, 4) is 5.75 Å². The summed E-state index contributed by atoms with van der Waals surface area (Å²) in [6, 6.07) is 16.0. The molecule has 23 heavy (non-hydrogen) atoms. The van der Waals surface area contributed by atoms with E-state index in [4.69, 9.17) is 4.74 Å². The Morgan fingerprint density at radius 2 is 1.70 bits per heavy atom. The van der Waals surface area contributed by atoms with Crippen LogP contribution in [-0.2, 0) is 4.79 Å². The quantitative estimate of drug-likeness (QED) is 0.862. The number of carbonyl (C=O) groups excluding carboxylic acids is 2. The molecule has 2 aromatic carbocycles. The van der Waals surface area contributed by atoms with E-state index in [1.165, 1.54) is 0 Å². The van der Waals surface area contributed by atoms with Crippen LogP contribution in [0, 0.1) is 0 Å². The zero-order valence-corrected chi connectivity index (χ0v) is 13.2. The fourth-order valence-corrected chi connectivity index (χ4v) is 2.04. The van der Waals surface area contributed by atoms with Gasteiger partial charge in [-0.05, 0) is 38.1 Å². The summed E-state index contributed by atoms with van der Waals surface area (Å²) in [6.07, 6.45) is -0.681. The predicted octanol–water partition coefficient (Wildman–Crippen LogP) is 2.84. The summed E-state index contributed by atoms with van der Waals surface area (Å²) in [5.74, 6) is 0.0813. The van der Waals surface area contributed by atoms with Gasteiger partial charge in [0, 0.05) is 6.54 Å². The summed E-state index contributed by atoms with van der Waals surface area (Å²) in [4.78, 5) is 24.3. The highest BCUT2D eigenvalue weighted by Gasteiger charge is 2.18. The second-order valence-corrected chi connectivity index (χ2v) is 4.97. The fourth-order valence-electron chi connectivity index (χ4n) is 2.04. The van der Waals surface area contributed by atoms with E-state index in [9.17, 15) is 9.59 Å². The van der Waals surface area contributed by atoms with Gasteiger partial charge < -0.3 is 15.4 Å². The van der Waals surface area contributed by atoms with Gasteiger partial charge in [0.1, 0.15) is 5.75 Å². The number of hydrogen-bond acceptors (Lipinski definition) is 3. The van der Waals surface area contributed by atoms with Crippen molar-refractivity contribution in [2.75, 3.05) is 11.9 Å². The maximum Gasteiger partial charge on any atom is 0.265 e. The van der Waals surface area contributed by atoms with E-state index in [1.54, 1.807) is 43.3 Å². The number of benzene rings is 2. The van der Waals surface area contributed by atoms with E-state index in [1.807, 2.05) is 25.1 Å². The van der Waals surface area contributed by atoms with Gasteiger partial charge in [0.25, 0.3) is 11.8 Å². The summed E-state index contributed by atoms with van der Waals surface area (Å²) >= 11 is 0. The molecule has 5 nitrogen and oxygen atoms in total. The van der Waals surface area contributed by atoms with Gasteiger partial charge >= 0.3 is 0 Å². The van der Waals surface area contributed by atoms with Crippen LogP contribution < -0.4 is 15.4 Å². The van der Waals surface area contributed by atoms with Crippen LogP contribution in [0.5, 0.6) is 5.75 Å². The van der Waals surface area contributed by atoms with E-state index in [0.29, 0.717) is 23.5 Å². The minimum atomic E-state index is -0.681. The second kappa shape index (κ2) is 7.98. The van der Waals surface area contributed by atoms with Crippen LogP contribution in [0.3, 0.4) is 0 Å². The van der Waals surface area contributed by atoms with Gasteiger partial charge in [0.05, 0.1) is 11.3 Å². The maximum absolute atomic E-state index is 12.3. The number of para-hydroxylation sites is 2. The molecule has 0 spiro atoms. The molecule has 5 heteroatoms. The van der Waals surface area contributed by atoms with E-state index >= 15 is 0 Å². The lowest BCUT2D eigenvalue weighted by Gasteiger charge is -2.16. The normalized spacial score (nSPS) is 11.4. The van der Waals surface area contributed by atoms with Crippen molar-refractivity contribution in [1.82, 2.24) is 5.32 Å². The summed E-state index contributed by atoms with van der Waals surface area (Å²) < 4.78 is 5.58. The smallest absolute Gasteiger partial charge is 0.265 e. The molecule has 1 atom stereocenters. The van der Waals surface area contributed by atoms with Crippen molar-refractivity contribution in [3.63, 3.8) is 0 Å². The lowest BCUT2D eigenvalue weighted by molar-refractivity contribution is -0.122. The Balaban J connectivity index is 2.06. The van der Waals surface area contributed by atoms with E-state index in [-0.39, 0.29) is 11.8 Å². The largest absolute Gasteiger partial charge is 0.481 e. The highest BCUT2D eigenvalue weighted by atomic mass is 16.5. The van der Waals surface area contributed by atoms with Crippen LogP contribution in [-0.4, -0.2) is 24.5 Å². The first-order chi connectivity index (χ1) is 11.1. The Hall–Kier alpha value is -2.82. The molecule has 120 valence electrons. The molecule has 0 radical (unpaired) electrons. The minimum absolute atomic E-state index is 0.222. The summed E-state index contributed by atoms with van der Waals surface area (Å²) in [6.45, 7) is 4.03. The Morgan fingerprint density at radius 1 is 1.04 bits per heavy atom. The summed E-state index contributed by atoms with van der Waals surface area (Å²) in [5.41, 5.74) is 0.890. The van der Waals surface area contributed by atoms with E-state index in [2.05, 4.69) is 10.6 Å². The summed E-state index contributed by atoms with van der Waals surface area (Å²) in [5, 5.41) is 5.47. The van der Waals surface area contributed by atoms with Gasteiger partial charge in [-0.25, -0.2) is 0 Å². The highest BCUT2D eigenvalue weighted by Crippen LogP contribution is 2.16. The lowest BCUT2D eigenvalue weighted by atomic mass is 10.1. The molecule has 0 bridgehead atoms. The molecule has 0 fully saturated rings. The van der Waals surface area contributed by atoms with Crippen molar-refractivity contribution >= 4 is 17.5 Å². The van der Waals surface area contributed by atoms with Crippen LogP contribution in [0.2, 0.25) is 0 Å². The molecule has 0 aromatic heterocycles.